The van der Waals surface area contributed by atoms with Crippen LogP contribution in [0.3, 0.4) is 0 Å². The first-order valence-corrected chi connectivity index (χ1v) is 6.25. The molecule has 0 aliphatic carbocycles. The number of rotatable bonds is 4. The van der Waals surface area contributed by atoms with Gasteiger partial charge in [-0.05, 0) is 48.9 Å². The Labute approximate surface area is 111 Å². The van der Waals surface area contributed by atoms with E-state index in [1.54, 1.807) is 12.4 Å². The molecule has 0 atom stereocenters. The Morgan fingerprint density at radius 2 is 2.16 bits per heavy atom. The summed E-state index contributed by atoms with van der Waals surface area (Å²) >= 11 is 0. The Morgan fingerprint density at radius 3 is 2.95 bits per heavy atom. The first-order chi connectivity index (χ1) is 9.36. The predicted octanol–water partition coefficient (Wildman–Crippen LogP) is 2.86. The third-order valence-electron chi connectivity index (χ3n) is 3.02. The molecule has 0 radical (unpaired) electrons. The van der Waals surface area contributed by atoms with Crippen LogP contribution in [0.2, 0.25) is 0 Å². The average molecular weight is 253 g/mol. The third-order valence-corrected chi connectivity index (χ3v) is 3.02. The van der Waals surface area contributed by atoms with Crippen molar-refractivity contribution in [1.29, 1.82) is 0 Å². The summed E-state index contributed by atoms with van der Waals surface area (Å²) in [6.45, 7) is 0.640. The Bertz CT molecular complexity index is 676. The highest BCUT2D eigenvalue weighted by atomic mass is 16.5. The number of nitrogens with zero attached hydrogens (tertiary/aromatic N) is 1. The number of nitrogens with one attached hydrogen (secondary N) is 1. The minimum absolute atomic E-state index is 0.640. The van der Waals surface area contributed by atoms with Gasteiger partial charge in [0.2, 0.25) is 0 Å². The highest BCUT2D eigenvalue weighted by Crippen LogP contribution is 2.27. The van der Waals surface area contributed by atoms with Gasteiger partial charge in [0.1, 0.15) is 11.5 Å². The van der Waals surface area contributed by atoms with E-state index in [9.17, 15) is 0 Å². The second-order valence-electron chi connectivity index (χ2n) is 4.35. The minimum atomic E-state index is 0.640. The van der Waals surface area contributed by atoms with Gasteiger partial charge in [0.05, 0.1) is 6.20 Å². The van der Waals surface area contributed by atoms with Crippen molar-refractivity contribution in [2.75, 3.05) is 6.54 Å². The number of H-pyrrole nitrogens is 1. The van der Waals surface area contributed by atoms with Gasteiger partial charge in [-0.25, -0.2) is 0 Å². The fourth-order valence-corrected chi connectivity index (χ4v) is 2.13. The summed E-state index contributed by atoms with van der Waals surface area (Å²) in [5, 5.41) is 1.16. The summed E-state index contributed by atoms with van der Waals surface area (Å²) < 4.78 is 5.78. The second-order valence-corrected chi connectivity index (χ2v) is 4.35. The monoisotopic (exact) mass is 253 g/mol. The van der Waals surface area contributed by atoms with Crippen molar-refractivity contribution in [2.24, 2.45) is 5.73 Å². The molecule has 0 amide bonds. The van der Waals surface area contributed by atoms with Gasteiger partial charge < -0.3 is 15.5 Å². The molecule has 2 heterocycles. The van der Waals surface area contributed by atoms with Gasteiger partial charge in [0.15, 0.2) is 0 Å². The minimum Gasteiger partial charge on any atom is -0.456 e. The molecule has 4 nitrogen and oxygen atoms in total. The van der Waals surface area contributed by atoms with Crippen LogP contribution in [0, 0.1) is 0 Å². The van der Waals surface area contributed by atoms with Crippen LogP contribution < -0.4 is 10.5 Å². The number of aromatic nitrogens is 2. The average Bonchev–Trinajstić information content (AvgIpc) is 2.83. The van der Waals surface area contributed by atoms with E-state index >= 15 is 0 Å². The zero-order chi connectivity index (χ0) is 13.1. The smallest absolute Gasteiger partial charge is 0.145 e. The number of pyridine rings is 1. The van der Waals surface area contributed by atoms with Crippen LogP contribution in [-0.4, -0.2) is 16.5 Å². The maximum absolute atomic E-state index is 5.78. The molecule has 2 aromatic heterocycles. The summed E-state index contributed by atoms with van der Waals surface area (Å²) in [5.74, 6) is 1.54. The van der Waals surface area contributed by atoms with Crippen LogP contribution >= 0.6 is 0 Å². The Hall–Kier alpha value is -2.33. The quantitative estimate of drug-likeness (QED) is 0.751. The fraction of sp³-hybridized carbons (Fsp3) is 0.133. The largest absolute Gasteiger partial charge is 0.456 e. The molecule has 0 fully saturated rings. The third kappa shape index (κ3) is 2.44. The summed E-state index contributed by atoms with van der Waals surface area (Å²) in [7, 11) is 0. The molecule has 3 N–H and O–H groups in total. The zero-order valence-electron chi connectivity index (χ0n) is 10.5. The molecule has 0 unspecified atom stereocenters. The molecule has 96 valence electrons. The van der Waals surface area contributed by atoms with Crippen molar-refractivity contribution in [3.8, 4) is 11.5 Å². The van der Waals surface area contributed by atoms with E-state index in [2.05, 4.69) is 9.97 Å². The van der Waals surface area contributed by atoms with E-state index < -0.39 is 0 Å². The molecule has 0 saturated heterocycles. The maximum atomic E-state index is 5.78. The van der Waals surface area contributed by atoms with Gasteiger partial charge in [-0.3, -0.25) is 4.98 Å². The Balaban J connectivity index is 1.94. The van der Waals surface area contributed by atoms with Crippen LogP contribution in [-0.2, 0) is 6.42 Å². The van der Waals surface area contributed by atoms with E-state index in [4.69, 9.17) is 10.5 Å². The van der Waals surface area contributed by atoms with Gasteiger partial charge >= 0.3 is 0 Å². The molecule has 0 aliphatic rings. The molecule has 0 bridgehead atoms. The van der Waals surface area contributed by atoms with Crippen molar-refractivity contribution in [1.82, 2.24) is 9.97 Å². The summed E-state index contributed by atoms with van der Waals surface area (Å²) in [5.41, 5.74) is 7.93. The topological polar surface area (TPSA) is 63.9 Å². The molecular formula is C15H15N3O. The summed E-state index contributed by atoms with van der Waals surface area (Å²) in [6, 6.07) is 9.72. The van der Waals surface area contributed by atoms with Crippen molar-refractivity contribution in [3.63, 3.8) is 0 Å². The van der Waals surface area contributed by atoms with E-state index in [0.29, 0.717) is 6.54 Å². The SMILES string of the molecule is NCCc1c[nH]c2ccc(Oc3cccnc3)cc12. The first kappa shape index (κ1) is 11.7. The molecule has 4 heteroatoms. The Morgan fingerprint density at radius 1 is 1.21 bits per heavy atom. The van der Waals surface area contributed by atoms with Crippen molar-refractivity contribution < 1.29 is 4.74 Å². The zero-order valence-corrected chi connectivity index (χ0v) is 10.5. The molecule has 0 spiro atoms. The second kappa shape index (κ2) is 5.12. The molecule has 3 rings (SSSR count). The van der Waals surface area contributed by atoms with Gasteiger partial charge in [-0.1, -0.05) is 0 Å². The van der Waals surface area contributed by atoms with Gasteiger partial charge in [0, 0.05) is 23.3 Å². The molecule has 3 aromatic rings. The van der Waals surface area contributed by atoms with E-state index in [1.807, 2.05) is 36.5 Å². The lowest BCUT2D eigenvalue weighted by atomic mass is 10.1. The first-order valence-electron chi connectivity index (χ1n) is 6.25. The molecule has 0 aliphatic heterocycles. The number of benzene rings is 1. The van der Waals surface area contributed by atoms with E-state index in [1.165, 1.54) is 5.56 Å². The number of ether oxygens (including phenoxy) is 1. The number of hydrogen-bond donors (Lipinski definition) is 2. The standard InChI is InChI=1S/C15H15N3O/c16-6-5-11-9-18-15-4-3-12(8-14(11)15)19-13-2-1-7-17-10-13/h1-4,7-10,18H,5-6,16H2. The highest BCUT2D eigenvalue weighted by Gasteiger charge is 2.05. The van der Waals surface area contributed by atoms with Gasteiger partial charge in [0.25, 0.3) is 0 Å². The molecule has 1 aromatic carbocycles. The lowest BCUT2D eigenvalue weighted by Crippen LogP contribution is -2.01. The van der Waals surface area contributed by atoms with E-state index in [-0.39, 0.29) is 0 Å². The lowest BCUT2D eigenvalue weighted by Gasteiger charge is -2.05. The van der Waals surface area contributed by atoms with Gasteiger partial charge in [-0.15, -0.1) is 0 Å². The maximum Gasteiger partial charge on any atom is 0.145 e. The lowest BCUT2D eigenvalue weighted by molar-refractivity contribution is 0.481. The van der Waals surface area contributed by atoms with Gasteiger partial charge in [-0.2, -0.15) is 0 Å². The van der Waals surface area contributed by atoms with Crippen LogP contribution in [0.4, 0.5) is 0 Å². The fourth-order valence-electron chi connectivity index (χ4n) is 2.13. The van der Waals surface area contributed by atoms with Crippen LogP contribution in [0.1, 0.15) is 5.56 Å². The summed E-state index contributed by atoms with van der Waals surface area (Å²) in [6.07, 6.45) is 6.28. The number of fused-ring (bicyclic) bond motifs is 1. The Kier molecular flexibility index (Phi) is 3.16. The molecular weight excluding hydrogens is 238 g/mol. The van der Waals surface area contributed by atoms with Crippen molar-refractivity contribution in [3.05, 3.63) is 54.5 Å². The molecule has 0 saturated carbocycles. The van der Waals surface area contributed by atoms with Crippen LogP contribution in [0.15, 0.2) is 48.9 Å². The predicted molar refractivity (Wildman–Crippen MR) is 75.4 cm³/mol. The number of aromatic amines is 1. The van der Waals surface area contributed by atoms with Crippen LogP contribution in [0.25, 0.3) is 10.9 Å². The van der Waals surface area contributed by atoms with Crippen molar-refractivity contribution in [2.45, 2.75) is 6.42 Å². The van der Waals surface area contributed by atoms with Crippen molar-refractivity contribution >= 4 is 10.9 Å². The normalized spacial score (nSPS) is 10.8. The molecule has 19 heavy (non-hydrogen) atoms. The van der Waals surface area contributed by atoms with Crippen LogP contribution in [0.5, 0.6) is 11.5 Å². The number of hydrogen-bond acceptors (Lipinski definition) is 3. The highest BCUT2D eigenvalue weighted by molar-refractivity contribution is 5.84. The number of nitrogens with two attached hydrogens (primary N) is 1. The summed E-state index contributed by atoms with van der Waals surface area (Å²) in [4.78, 5) is 7.27. The van der Waals surface area contributed by atoms with E-state index in [0.717, 1.165) is 28.8 Å².